The molecule has 0 fully saturated rings. The Morgan fingerprint density at radius 1 is 0.720 bits per heavy atom. The number of imidazole rings is 1. The van der Waals surface area contributed by atoms with E-state index < -0.39 is 0 Å². The van der Waals surface area contributed by atoms with Crippen LogP contribution in [0, 0.1) is 0 Å². The molecule has 0 atom stereocenters. The van der Waals surface area contributed by atoms with Crippen molar-refractivity contribution in [3.63, 3.8) is 0 Å². The van der Waals surface area contributed by atoms with Crippen LogP contribution in [0.2, 0.25) is 0 Å². The molecule has 0 saturated carbocycles. The van der Waals surface area contributed by atoms with E-state index >= 15 is 0 Å². The highest BCUT2D eigenvalue weighted by molar-refractivity contribution is 6.09. The second kappa shape index (κ2) is 12.6. The highest BCUT2D eigenvalue weighted by Crippen LogP contribution is 2.37. The van der Waals surface area contributed by atoms with Crippen molar-refractivity contribution in [3.8, 4) is 22.5 Å². The SMILES string of the molecule is C/C(=C\C=C1\C=CC=CC1)C1=CC=C(c2nc3c(-c4cccc(-n5c6ccccc6c6ccccc65)c4)ccnc3n2-c2ccccc2)CC1. The van der Waals surface area contributed by atoms with E-state index in [1.807, 2.05) is 6.20 Å². The van der Waals surface area contributed by atoms with Gasteiger partial charge in [0.2, 0.25) is 0 Å². The predicted octanol–water partition coefficient (Wildman–Crippen LogP) is 11.7. The minimum Gasteiger partial charge on any atom is -0.309 e. The summed E-state index contributed by atoms with van der Waals surface area (Å²) in [7, 11) is 0. The molecule has 3 aromatic heterocycles. The molecule has 4 heteroatoms. The smallest absolute Gasteiger partial charge is 0.165 e. The highest BCUT2D eigenvalue weighted by atomic mass is 15.1. The summed E-state index contributed by atoms with van der Waals surface area (Å²) in [6.45, 7) is 2.22. The summed E-state index contributed by atoms with van der Waals surface area (Å²) in [6, 6.07) is 38.7. The number of aromatic nitrogens is 4. The third-order valence-electron chi connectivity index (χ3n) is 9.96. The van der Waals surface area contributed by atoms with Gasteiger partial charge in [-0.3, -0.25) is 4.57 Å². The molecule has 4 aromatic carbocycles. The summed E-state index contributed by atoms with van der Waals surface area (Å²) >= 11 is 0. The number of benzene rings is 4. The van der Waals surface area contributed by atoms with E-state index in [-0.39, 0.29) is 0 Å². The van der Waals surface area contributed by atoms with Gasteiger partial charge in [-0.25, -0.2) is 9.97 Å². The molecule has 0 bridgehead atoms. The van der Waals surface area contributed by atoms with Gasteiger partial charge in [0.15, 0.2) is 5.65 Å². The van der Waals surface area contributed by atoms with E-state index in [4.69, 9.17) is 9.97 Å². The molecule has 240 valence electrons. The topological polar surface area (TPSA) is 35.6 Å². The second-order valence-electron chi connectivity index (χ2n) is 13.0. The molecule has 3 heterocycles. The largest absolute Gasteiger partial charge is 0.309 e. The van der Waals surface area contributed by atoms with Crippen LogP contribution in [0.3, 0.4) is 0 Å². The van der Waals surface area contributed by atoms with Crippen LogP contribution >= 0.6 is 0 Å². The van der Waals surface area contributed by atoms with Gasteiger partial charge in [0.05, 0.1) is 11.0 Å². The lowest BCUT2D eigenvalue weighted by Crippen LogP contribution is -2.04. The van der Waals surface area contributed by atoms with Gasteiger partial charge in [0.1, 0.15) is 11.3 Å². The molecule has 50 heavy (non-hydrogen) atoms. The fourth-order valence-corrected chi connectivity index (χ4v) is 7.40. The van der Waals surface area contributed by atoms with E-state index in [2.05, 4.69) is 174 Å². The Morgan fingerprint density at radius 2 is 1.48 bits per heavy atom. The molecule has 0 radical (unpaired) electrons. The first-order chi connectivity index (χ1) is 24.7. The number of para-hydroxylation sites is 3. The number of hydrogen-bond donors (Lipinski definition) is 0. The van der Waals surface area contributed by atoms with Gasteiger partial charge in [0.25, 0.3) is 0 Å². The van der Waals surface area contributed by atoms with Crippen molar-refractivity contribution >= 4 is 38.5 Å². The van der Waals surface area contributed by atoms with Crippen LogP contribution < -0.4 is 0 Å². The van der Waals surface area contributed by atoms with E-state index in [9.17, 15) is 0 Å². The molecular formula is C46H36N4. The highest BCUT2D eigenvalue weighted by Gasteiger charge is 2.22. The van der Waals surface area contributed by atoms with Crippen molar-refractivity contribution in [2.75, 3.05) is 0 Å². The van der Waals surface area contributed by atoms with Crippen molar-refractivity contribution in [1.29, 1.82) is 0 Å². The fourth-order valence-electron chi connectivity index (χ4n) is 7.40. The second-order valence-corrected chi connectivity index (χ2v) is 13.0. The van der Waals surface area contributed by atoms with Gasteiger partial charge in [-0.1, -0.05) is 115 Å². The molecule has 2 aliphatic carbocycles. The fraction of sp³-hybridized carbons (Fsp3) is 0.0870. The summed E-state index contributed by atoms with van der Waals surface area (Å²) in [5.41, 5.74) is 13.7. The molecule has 4 nitrogen and oxygen atoms in total. The summed E-state index contributed by atoms with van der Waals surface area (Å²) in [5.74, 6) is 0.947. The molecule has 2 aliphatic rings. The van der Waals surface area contributed by atoms with E-state index in [0.29, 0.717) is 0 Å². The van der Waals surface area contributed by atoms with Gasteiger partial charge in [0, 0.05) is 33.9 Å². The first-order valence-electron chi connectivity index (χ1n) is 17.4. The summed E-state index contributed by atoms with van der Waals surface area (Å²) in [6.07, 6.45) is 22.4. The molecule has 9 rings (SSSR count). The van der Waals surface area contributed by atoms with Gasteiger partial charge in [-0.05, 0) is 96.5 Å². The van der Waals surface area contributed by atoms with Crippen LogP contribution in [-0.2, 0) is 0 Å². The molecule has 0 unspecified atom stereocenters. The zero-order valence-electron chi connectivity index (χ0n) is 28.0. The first kappa shape index (κ1) is 29.8. The summed E-state index contributed by atoms with van der Waals surface area (Å²) in [5, 5.41) is 2.51. The van der Waals surface area contributed by atoms with Crippen LogP contribution in [0.25, 0.3) is 61.0 Å². The molecule has 0 amide bonds. The number of nitrogens with zero attached hydrogens (tertiary/aromatic N) is 4. The van der Waals surface area contributed by atoms with Crippen molar-refractivity contribution in [2.45, 2.75) is 26.2 Å². The van der Waals surface area contributed by atoms with Gasteiger partial charge in [-0.2, -0.15) is 0 Å². The van der Waals surface area contributed by atoms with E-state index in [1.165, 1.54) is 44.1 Å². The van der Waals surface area contributed by atoms with Crippen molar-refractivity contribution in [1.82, 2.24) is 19.1 Å². The Kier molecular flexibility index (Phi) is 7.55. The minimum absolute atomic E-state index is 0.860. The Hall–Kier alpha value is -6.26. The van der Waals surface area contributed by atoms with Gasteiger partial charge >= 0.3 is 0 Å². The van der Waals surface area contributed by atoms with E-state index in [1.54, 1.807) is 0 Å². The van der Waals surface area contributed by atoms with Gasteiger partial charge in [-0.15, -0.1) is 0 Å². The van der Waals surface area contributed by atoms with Crippen LogP contribution in [-0.4, -0.2) is 19.1 Å². The number of hydrogen-bond acceptors (Lipinski definition) is 2. The third-order valence-corrected chi connectivity index (χ3v) is 9.96. The van der Waals surface area contributed by atoms with Crippen molar-refractivity contribution < 1.29 is 0 Å². The van der Waals surface area contributed by atoms with Crippen LogP contribution in [0.15, 0.2) is 181 Å². The van der Waals surface area contributed by atoms with Crippen LogP contribution in [0.1, 0.15) is 32.0 Å². The number of allylic oxidation sites excluding steroid dienone is 12. The van der Waals surface area contributed by atoms with Crippen molar-refractivity contribution in [3.05, 3.63) is 187 Å². The minimum atomic E-state index is 0.860. The monoisotopic (exact) mass is 644 g/mol. The normalized spacial score (nSPS) is 15.7. The quantitative estimate of drug-likeness (QED) is 0.181. The maximum atomic E-state index is 5.41. The van der Waals surface area contributed by atoms with Crippen LogP contribution in [0.4, 0.5) is 0 Å². The zero-order chi connectivity index (χ0) is 33.4. The lowest BCUT2D eigenvalue weighted by molar-refractivity contribution is 0.942. The Morgan fingerprint density at radius 3 is 2.22 bits per heavy atom. The molecule has 0 N–H and O–H groups in total. The predicted molar refractivity (Wildman–Crippen MR) is 209 cm³/mol. The molecule has 0 saturated heterocycles. The van der Waals surface area contributed by atoms with Crippen molar-refractivity contribution in [2.24, 2.45) is 0 Å². The molecule has 0 spiro atoms. The Balaban J connectivity index is 1.16. The van der Waals surface area contributed by atoms with Crippen LogP contribution in [0.5, 0.6) is 0 Å². The maximum absolute atomic E-state index is 5.41. The standard InChI is InChI=1S/C46H36N4/c1-32(23-24-33-13-4-2-5-14-33)34-25-27-35(28-26-34)45-48-44-39(29-30-47-46(44)50(45)37-16-6-3-7-17-37)36-15-12-18-38(31-36)49-42-21-10-8-19-40(42)41-20-9-11-22-43(41)49/h2-13,15-25,27,29-31H,14,26,28H2,1H3/b32-23+,33-24-. The Labute approximate surface area is 292 Å². The average molecular weight is 645 g/mol. The summed E-state index contributed by atoms with van der Waals surface area (Å²) in [4.78, 5) is 10.4. The maximum Gasteiger partial charge on any atom is 0.165 e. The Bertz CT molecular complexity index is 2560. The molecule has 0 aliphatic heterocycles. The number of pyridine rings is 1. The first-order valence-corrected chi connectivity index (χ1v) is 17.4. The lowest BCUT2D eigenvalue weighted by Gasteiger charge is -2.16. The van der Waals surface area contributed by atoms with Gasteiger partial charge < -0.3 is 4.57 Å². The summed E-state index contributed by atoms with van der Waals surface area (Å²) < 4.78 is 4.60. The lowest BCUT2D eigenvalue weighted by atomic mass is 9.93. The number of rotatable bonds is 6. The third kappa shape index (κ3) is 5.26. The zero-order valence-corrected chi connectivity index (χ0v) is 28.0. The molecular weight excluding hydrogens is 609 g/mol. The van der Waals surface area contributed by atoms with E-state index in [0.717, 1.165) is 58.8 Å². The number of fused-ring (bicyclic) bond motifs is 4. The average Bonchev–Trinajstić information content (AvgIpc) is 3.74. The molecule has 7 aromatic rings.